The van der Waals surface area contributed by atoms with E-state index in [1.54, 1.807) is 13.8 Å². The fourth-order valence-corrected chi connectivity index (χ4v) is 7.13. The molecule has 3 fully saturated rings. The van der Waals surface area contributed by atoms with Gasteiger partial charge >= 0.3 is 0 Å². The standard InChI is InChI=1S/C29H54FN7O2/c1-5-22(6-2)8-9-23(30)18-34-20(3)26(27(31)32)28(39)35-24-19-33-14-10-25(24)36-16-12-29(13-17-36)11-7-15-37(29)21(4)38/h18,20,22-27,33H,5-17,19,31-32H2,1-4H3,(H,35,39)/b34-18-. The first-order chi connectivity index (χ1) is 18.6. The van der Waals surface area contributed by atoms with E-state index in [0.717, 1.165) is 77.5 Å². The normalized spacial score (nSPS) is 26.4. The fraction of sp³-hybridized carbons (Fsp3) is 0.897. The van der Waals surface area contributed by atoms with Crippen LogP contribution in [0.1, 0.15) is 85.5 Å². The maximum Gasteiger partial charge on any atom is 0.228 e. The molecule has 1 spiro atoms. The molecule has 9 nitrogen and oxygen atoms in total. The number of halogens is 1. The Labute approximate surface area is 235 Å². The minimum atomic E-state index is -1.14. The van der Waals surface area contributed by atoms with Crippen molar-refractivity contribution >= 4 is 18.0 Å². The molecule has 6 N–H and O–H groups in total. The van der Waals surface area contributed by atoms with Gasteiger partial charge in [0.2, 0.25) is 11.8 Å². The van der Waals surface area contributed by atoms with Crippen LogP contribution in [0.15, 0.2) is 4.99 Å². The van der Waals surface area contributed by atoms with Crippen LogP contribution >= 0.6 is 0 Å². The number of piperidine rings is 2. The minimum absolute atomic E-state index is 0.00111. The molecule has 0 aromatic rings. The number of hydrogen-bond acceptors (Lipinski definition) is 7. The van der Waals surface area contributed by atoms with Crippen LogP contribution in [-0.2, 0) is 9.59 Å². The molecule has 10 heteroatoms. The molecule has 0 saturated carbocycles. The predicted molar refractivity (Wildman–Crippen MR) is 155 cm³/mol. The van der Waals surface area contributed by atoms with E-state index in [2.05, 4.69) is 39.3 Å². The number of alkyl halides is 1. The molecule has 0 aliphatic carbocycles. The van der Waals surface area contributed by atoms with E-state index in [-0.39, 0.29) is 29.4 Å². The van der Waals surface area contributed by atoms with Crippen LogP contribution < -0.4 is 22.1 Å². The number of carbonyl (C=O) groups is 2. The minimum Gasteiger partial charge on any atom is -0.350 e. The third kappa shape index (κ3) is 8.21. The average molecular weight is 552 g/mol. The van der Waals surface area contributed by atoms with E-state index in [1.807, 2.05) is 0 Å². The van der Waals surface area contributed by atoms with Crippen molar-refractivity contribution in [3.05, 3.63) is 0 Å². The SMILES string of the molecule is CCC(CC)CCC(F)/C=N\C(C)C(C(=O)NC1CNCCC1N1CCC2(CCCN2C(C)=O)CC1)C(N)N. The molecular formula is C29H54FN7O2. The van der Waals surface area contributed by atoms with Crippen LogP contribution in [0.2, 0.25) is 0 Å². The summed E-state index contributed by atoms with van der Waals surface area (Å²) in [7, 11) is 0. The van der Waals surface area contributed by atoms with Gasteiger partial charge in [-0.15, -0.1) is 0 Å². The van der Waals surface area contributed by atoms with Gasteiger partial charge in [-0.25, -0.2) is 4.39 Å². The number of nitrogens with one attached hydrogen (secondary N) is 2. The van der Waals surface area contributed by atoms with Gasteiger partial charge in [-0.1, -0.05) is 26.7 Å². The highest BCUT2D eigenvalue weighted by atomic mass is 19.1. The van der Waals surface area contributed by atoms with Crippen molar-refractivity contribution in [3.8, 4) is 0 Å². The van der Waals surface area contributed by atoms with Gasteiger partial charge in [0.25, 0.3) is 0 Å². The van der Waals surface area contributed by atoms with Gasteiger partial charge < -0.3 is 27.0 Å². The molecule has 0 bridgehead atoms. The lowest BCUT2D eigenvalue weighted by Crippen LogP contribution is -2.64. The van der Waals surface area contributed by atoms with Gasteiger partial charge in [-0.3, -0.25) is 19.5 Å². The molecule has 0 aromatic heterocycles. The highest BCUT2D eigenvalue weighted by Crippen LogP contribution is 2.39. The number of likely N-dealkylation sites (tertiary alicyclic amines) is 2. The first-order valence-corrected chi connectivity index (χ1v) is 15.3. The van der Waals surface area contributed by atoms with Gasteiger partial charge in [0.1, 0.15) is 6.17 Å². The number of carbonyl (C=O) groups excluding carboxylic acids is 2. The van der Waals surface area contributed by atoms with Crippen LogP contribution in [-0.4, -0.2) is 96.6 Å². The second-order valence-corrected chi connectivity index (χ2v) is 12.1. The maximum atomic E-state index is 14.5. The van der Waals surface area contributed by atoms with E-state index < -0.39 is 24.3 Å². The summed E-state index contributed by atoms with van der Waals surface area (Å²) >= 11 is 0. The van der Waals surface area contributed by atoms with Crippen molar-refractivity contribution < 1.29 is 14.0 Å². The number of nitrogens with two attached hydrogens (primary N) is 2. The van der Waals surface area contributed by atoms with E-state index in [9.17, 15) is 14.0 Å². The second kappa shape index (κ2) is 14.8. The predicted octanol–water partition coefficient (Wildman–Crippen LogP) is 2.18. The molecule has 5 atom stereocenters. The molecular weight excluding hydrogens is 497 g/mol. The van der Waals surface area contributed by atoms with E-state index in [1.165, 1.54) is 6.21 Å². The topological polar surface area (TPSA) is 129 Å². The molecule has 3 heterocycles. The Kier molecular flexibility index (Phi) is 12.1. The summed E-state index contributed by atoms with van der Waals surface area (Å²) in [5.74, 6) is -0.270. The van der Waals surface area contributed by atoms with E-state index >= 15 is 0 Å². The first kappa shape index (κ1) is 31.9. The third-order valence-corrected chi connectivity index (χ3v) is 9.67. The largest absolute Gasteiger partial charge is 0.350 e. The van der Waals surface area contributed by atoms with Gasteiger partial charge in [-0.05, 0) is 64.3 Å². The van der Waals surface area contributed by atoms with Crippen LogP contribution in [0, 0.1) is 11.8 Å². The van der Waals surface area contributed by atoms with Crippen molar-refractivity contribution in [2.45, 2.75) is 121 Å². The average Bonchev–Trinajstić information content (AvgIpc) is 3.32. The molecule has 3 saturated heterocycles. The highest BCUT2D eigenvalue weighted by molar-refractivity contribution is 5.81. The Morgan fingerprint density at radius 1 is 1.15 bits per heavy atom. The summed E-state index contributed by atoms with van der Waals surface area (Å²) in [5.41, 5.74) is 12.1. The fourth-order valence-electron chi connectivity index (χ4n) is 7.13. The molecule has 5 unspecified atom stereocenters. The van der Waals surface area contributed by atoms with Gasteiger partial charge in [0.15, 0.2) is 0 Å². The number of hydrogen-bond donors (Lipinski definition) is 4. The lowest BCUT2D eigenvalue weighted by Gasteiger charge is -2.49. The zero-order valence-corrected chi connectivity index (χ0v) is 24.7. The number of amides is 2. The lowest BCUT2D eigenvalue weighted by atomic mass is 9.83. The van der Waals surface area contributed by atoms with Gasteiger partial charge in [0.05, 0.1) is 24.2 Å². The Bertz CT molecular complexity index is 813. The first-order valence-electron chi connectivity index (χ1n) is 15.3. The molecule has 0 radical (unpaired) electrons. The zero-order valence-electron chi connectivity index (χ0n) is 24.7. The van der Waals surface area contributed by atoms with E-state index in [0.29, 0.717) is 18.9 Å². The molecule has 2 amide bonds. The van der Waals surface area contributed by atoms with Crippen LogP contribution in [0.4, 0.5) is 4.39 Å². The summed E-state index contributed by atoms with van der Waals surface area (Å²) in [6.07, 6.45) is 7.69. The van der Waals surface area contributed by atoms with Crippen LogP contribution in [0.3, 0.4) is 0 Å². The van der Waals surface area contributed by atoms with Crippen molar-refractivity contribution in [1.29, 1.82) is 0 Å². The number of aliphatic imine (C=N–C) groups is 1. The summed E-state index contributed by atoms with van der Waals surface area (Å²) in [5, 5.41) is 6.64. The smallest absolute Gasteiger partial charge is 0.228 e. The Balaban J connectivity index is 1.58. The molecule has 0 aromatic carbocycles. The summed E-state index contributed by atoms with van der Waals surface area (Å²) < 4.78 is 14.5. The Morgan fingerprint density at radius 2 is 1.85 bits per heavy atom. The quantitative estimate of drug-likeness (QED) is 0.217. The molecule has 39 heavy (non-hydrogen) atoms. The van der Waals surface area contributed by atoms with Crippen molar-refractivity contribution in [2.24, 2.45) is 28.3 Å². The van der Waals surface area contributed by atoms with E-state index in [4.69, 9.17) is 11.5 Å². The zero-order chi connectivity index (χ0) is 28.6. The summed E-state index contributed by atoms with van der Waals surface area (Å²) in [6.45, 7) is 12.0. The van der Waals surface area contributed by atoms with Crippen molar-refractivity contribution in [1.82, 2.24) is 20.4 Å². The third-order valence-electron chi connectivity index (χ3n) is 9.67. The number of rotatable bonds is 12. The van der Waals surface area contributed by atoms with Crippen molar-refractivity contribution in [2.75, 3.05) is 32.7 Å². The Hall–Kier alpha value is -1.62. The number of nitrogens with zero attached hydrogens (tertiary/aromatic N) is 3. The highest BCUT2D eigenvalue weighted by Gasteiger charge is 2.46. The molecule has 224 valence electrons. The summed E-state index contributed by atoms with van der Waals surface area (Å²) in [4.78, 5) is 34.6. The monoisotopic (exact) mass is 551 g/mol. The van der Waals surface area contributed by atoms with Crippen LogP contribution in [0.5, 0.6) is 0 Å². The Morgan fingerprint density at radius 3 is 2.46 bits per heavy atom. The lowest BCUT2D eigenvalue weighted by molar-refractivity contribution is -0.135. The van der Waals surface area contributed by atoms with Crippen LogP contribution in [0.25, 0.3) is 0 Å². The van der Waals surface area contributed by atoms with Gasteiger partial charge in [-0.2, -0.15) is 0 Å². The molecule has 3 rings (SSSR count). The maximum absolute atomic E-state index is 14.5. The summed E-state index contributed by atoms with van der Waals surface area (Å²) in [6, 6.07) is -0.408. The molecule has 3 aliphatic heterocycles. The second-order valence-electron chi connectivity index (χ2n) is 12.1. The van der Waals surface area contributed by atoms with Gasteiger partial charge in [0, 0.05) is 50.9 Å². The van der Waals surface area contributed by atoms with Crippen molar-refractivity contribution in [3.63, 3.8) is 0 Å². The molecule has 3 aliphatic rings.